The molecule has 3 heteroatoms. The number of nitrogens with zero attached hydrogens (tertiary/aromatic N) is 1. The van der Waals surface area contributed by atoms with Gasteiger partial charge in [0, 0.05) is 6.54 Å². The van der Waals surface area contributed by atoms with Gasteiger partial charge >= 0.3 is 0 Å². The molecule has 3 N–H and O–H groups in total. The molecule has 0 aromatic heterocycles. The molecule has 1 fully saturated rings. The molecular formula is C7H17N3. The van der Waals surface area contributed by atoms with E-state index in [0.717, 1.165) is 6.54 Å². The summed E-state index contributed by atoms with van der Waals surface area (Å²) in [5.74, 6) is 5.14. The standard InChI is InChI=1S/C7H17N3/c8-9-4-3-7-10-5-1-2-6-10/h9H,1-8H2. The molecule has 0 aromatic rings. The minimum Gasteiger partial charge on any atom is -0.303 e. The van der Waals surface area contributed by atoms with E-state index in [1.54, 1.807) is 0 Å². The number of nitrogens with two attached hydrogens (primary N) is 1. The van der Waals surface area contributed by atoms with Crippen molar-refractivity contribution in [3.8, 4) is 0 Å². The number of hydrazine groups is 1. The molecule has 60 valence electrons. The number of likely N-dealkylation sites (tertiary alicyclic amines) is 1. The molecule has 1 aliphatic rings. The molecule has 0 unspecified atom stereocenters. The number of rotatable bonds is 4. The fraction of sp³-hybridized carbons (Fsp3) is 1.00. The van der Waals surface area contributed by atoms with Crippen molar-refractivity contribution in [3.05, 3.63) is 0 Å². The van der Waals surface area contributed by atoms with Gasteiger partial charge < -0.3 is 4.90 Å². The third-order valence-corrected chi connectivity index (χ3v) is 1.99. The fourth-order valence-electron chi connectivity index (χ4n) is 1.41. The van der Waals surface area contributed by atoms with E-state index in [2.05, 4.69) is 10.3 Å². The molecule has 0 amide bonds. The quantitative estimate of drug-likeness (QED) is 0.329. The Morgan fingerprint density at radius 2 is 2.00 bits per heavy atom. The van der Waals surface area contributed by atoms with Gasteiger partial charge in [-0.3, -0.25) is 11.3 Å². The average Bonchev–Trinajstić information content (AvgIpc) is 2.41. The minimum absolute atomic E-state index is 0.941. The topological polar surface area (TPSA) is 41.3 Å². The normalized spacial score (nSPS) is 20.1. The Hall–Kier alpha value is -0.120. The highest BCUT2D eigenvalue weighted by molar-refractivity contribution is 4.65. The molecule has 0 radical (unpaired) electrons. The van der Waals surface area contributed by atoms with Crippen molar-refractivity contribution >= 4 is 0 Å². The summed E-state index contributed by atoms with van der Waals surface area (Å²) in [6, 6.07) is 0. The van der Waals surface area contributed by atoms with Gasteiger partial charge in [-0.25, -0.2) is 0 Å². The van der Waals surface area contributed by atoms with Gasteiger partial charge in [0.1, 0.15) is 0 Å². The molecule has 0 aromatic carbocycles. The highest BCUT2D eigenvalue weighted by Crippen LogP contribution is 2.06. The Balaban J connectivity index is 1.91. The van der Waals surface area contributed by atoms with E-state index < -0.39 is 0 Å². The molecule has 0 aliphatic carbocycles. The van der Waals surface area contributed by atoms with Crippen LogP contribution in [0.5, 0.6) is 0 Å². The largest absolute Gasteiger partial charge is 0.303 e. The Morgan fingerprint density at radius 3 is 2.60 bits per heavy atom. The van der Waals surface area contributed by atoms with Gasteiger partial charge in [-0.15, -0.1) is 0 Å². The molecule has 0 bridgehead atoms. The zero-order valence-corrected chi connectivity index (χ0v) is 6.47. The van der Waals surface area contributed by atoms with Gasteiger partial charge in [0.2, 0.25) is 0 Å². The van der Waals surface area contributed by atoms with Crippen LogP contribution in [0.3, 0.4) is 0 Å². The van der Waals surface area contributed by atoms with Crippen LogP contribution in [0.2, 0.25) is 0 Å². The molecule has 1 saturated heterocycles. The second-order valence-electron chi connectivity index (χ2n) is 2.86. The van der Waals surface area contributed by atoms with Crippen molar-refractivity contribution in [2.45, 2.75) is 19.3 Å². The van der Waals surface area contributed by atoms with E-state index in [1.807, 2.05) is 0 Å². The molecule has 0 atom stereocenters. The van der Waals surface area contributed by atoms with Crippen molar-refractivity contribution in [2.24, 2.45) is 5.84 Å². The van der Waals surface area contributed by atoms with Crippen LogP contribution in [-0.2, 0) is 0 Å². The summed E-state index contributed by atoms with van der Waals surface area (Å²) < 4.78 is 0. The molecule has 1 rings (SSSR count). The number of hydrogen-bond donors (Lipinski definition) is 2. The zero-order valence-electron chi connectivity index (χ0n) is 6.47. The van der Waals surface area contributed by atoms with E-state index in [-0.39, 0.29) is 0 Å². The lowest BCUT2D eigenvalue weighted by Gasteiger charge is -2.13. The van der Waals surface area contributed by atoms with Crippen LogP contribution in [-0.4, -0.2) is 31.1 Å². The predicted octanol–water partition coefficient (Wildman–Crippen LogP) is -0.0644. The first-order valence-electron chi connectivity index (χ1n) is 4.09. The summed E-state index contributed by atoms with van der Waals surface area (Å²) in [6.07, 6.45) is 3.95. The first-order valence-corrected chi connectivity index (χ1v) is 4.09. The van der Waals surface area contributed by atoms with Crippen molar-refractivity contribution in [1.82, 2.24) is 10.3 Å². The van der Waals surface area contributed by atoms with Gasteiger partial charge in [0.05, 0.1) is 0 Å². The highest BCUT2D eigenvalue weighted by atomic mass is 15.2. The Bertz CT molecular complexity index is 78.9. The minimum atomic E-state index is 0.941. The number of nitrogens with one attached hydrogen (secondary N) is 1. The summed E-state index contributed by atoms with van der Waals surface area (Å²) >= 11 is 0. The maximum absolute atomic E-state index is 5.14. The third-order valence-electron chi connectivity index (χ3n) is 1.99. The van der Waals surface area contributed by atoms with E-state index in [4.69, 9.17) is 5.84 Å². The van der Waals surface area contributed by atoms with Gasteiger partial charge in [-0.2, -0.15) is 0 Å². The maximum atomic E-state index is 5.14. The van der Waals surface area contributed by atoms with Crippen molar-refractivity contribution in [2.75, 3.05) is 26.2 Å². The van der Waals surface area contributed by atoms with Gasteiger partial charge in [0.25, 0.3) is 0 Å². The monoisotopic (exact) mass is 143 g/mol. The molecule has 0 saturated carbocycles. The Labute approximate surface area is 62.5 Å². The third kappa shape index (κ3) is 2.64. The van der Waals surface area contributed by atoms with E-state index >= 15 is 0 Å². The van der Waals surface area contributed by atoms with Gasteiger partial charge in [-0.05, 0) is 38.9 Å². The molecule has 0 spiro atoms. The Morgan fingerprint density at radius 1 is 1.30 bits per heavy atom. The molecular weight excluding hydrogens is 126 g/mol. The highest BCUT2D eigenvalue weighted by Gasteiger charge is 2.09. The SMILES string of the molecule is NNCCCN1CCCC1. The number of hydrogen-bond acceptors (Lipinski definition) is 3. The van der Waals surface area contributed by atoms with Crippen LogP contribution in [0.25, 0.3) is 0 Å². The van der Waals surface area contributed by atoms with Crippen LogP contribution in [0.15, 0.2) is 0 Å². The zero-order chi connectivity index (χ0) is 7.23. The van der Waals surface area contributed by atoms with Crippen molar-refractivity contribution < 1.29 is 0 Å². The van der Waals surface area contributed by atoms with Crippen LogP contribution < -0.4 is 11.3 Å². The molecule has 10 heavy (non-hydrogen) atoms. The van der Waals surface area contributed by atoms with E-state index in [9.17, 15) is 0 Å². The average molecular weight is 143 g/mol. The maximum Gasteiger partial charge on any atom is 0.0110 e. The second-order valence-corrected chi connectivity index (χ2v) is 2.86. The smallest absolute Gasteiger partial charge is 0.0110 e. The van der Waals surface area contributed by atoms with Gasteiger partial charge in [-0.1, -0.05) is 0 Å². The van der Waals surface area contributed by atoms with Crippen molar-refractivity contribution in [1.29, 1.82) is 0 Å². The predicted molar refractivity (Wildman–Crippen MR) is 42.5 cm³/mol. The van der Waals surface area contributed by atoms with Crippen molar-refractivity contribution in [3.63, 3.8) is 0 Å². The van der Waals surface area contributed by atoms with Crippen LogP contribution in [0, 0.1) is 0 Å². The summed E-state index contributed by atoms with van der Waals surface area (Å²) in [6.45, 7) is 4.75. The lowest BCUT2D eigenvalue weighted by Crippen LogP contribution is -2.28. The molecule has 1 heterocycles. The van der Waals surface area contributed by atoms with Crippen LogP contribution in [0.4, 0.5) is 0 Å². The fourth-order valence-corrected chi connectivity index (χ4v) is 1.41. The first-order chi connectivity index (χ1) is 4.93. The summed E-state index contributed by atoms with van der Waals surface area (Å²) in [5, 5.41) is 0. The van der Waals surface area contributed by atoms with E-state index in [1.165, 1.54) is 38.9 Å². The summed E-state index contributed by atoms with van der Waals surface area (Å²) in [7, 11) is 0. The van der Waals surface area contributed by atoms with Crippen LogP contribution >= 0.6 is 0 Å². The second kappa shape index (κ2) is 4.66. The lowest BCUT2D eigenvalue weighted by molar-refractivity contribution is 0.331. The summed E-state index contributed by atoms with van der Waals surface area (Å²) in [4.78, 5) is 2.50. The van der Waals surface area contributed by atoms with Gasteiger partial charge in [0.15, 0.2) is 0 Å². The molecule has 3 nitrogen and oxygen atoms in total. The lowest BCUT2D eigenvalue weighted by atomic mass is 10.4. The first kappa shape index (κ1) is 7.98. The summed E-state index contributed by atoms with van der Waals surface area (Å²) in [5.41, 5.74) is 2.66. The van der Waals surface area contributed by atoms with E-state index in [0.29, 0.717) is 0 Å². The van der Waals surface area contributed by atoms with Crippen LogP contribution in [0.1, 0.15) is 19.3 Å². The Kier molecular flexibility index (Phi) is 3.72. The molecule has 1 aliphatic heterocycles.